The zero-order chi connectivity index (χ0) is 14.4. The van der Waals surface area contributed by atoms with Crippen molar-refractivity contribution in [2.24, 2.45) is 0 Å². The van der Waals surface area contributed by atoms with E-state index in [4.69, 9.17) is 14.9 Å². The van der Waals surface area contributed by atoms with Crippen molar-refractivity contribution >= 4 is 18.0 Å². The summed E-state index contributed by atoms with van der Waals surface area (Å²) in [6, 6.07) is -0.595. The number of aliphatic hydroxyl groups excluding tert-OH is 1. The van der Waals surface area contributed by atoms with Gasteiger partial charge in [0.05, 0.1) is 13.2 Å². The van der Waals surface area contributed by atoms with Crippen molar-refractivity contribution in [3.05, 3.63) is 0 Å². The Morgan fingerprint density at radius 3 is 2.53 bits per heavy atom. The molecule has 0 heterocycles. The Bertz CT molecular complexity index is 355. The summed E-state index contributed by atoms with van der Waals surface area (Å²) in [5.74, 6) is -1.92. The molecule has 19 heavy (non-hydrogen) atoms. The quantitative estimate of drug-likeness (QED) is 0.522. The predicted octanol–water partition coefficient (Wildman–Crippen LogP) is -0.831. The Kier molecular flexibility index (Phi) is 5.56. The van der Waals surface area contributed by atoms with Gasteiger partial charge in [-0.1, -0.05) is 0 Å². The molecule has 3 N–H and O–H groups in total. The third-order valence-corrected chi connectivity index (χ3v) is 2.58. The van der Waals surface area contributed by atoms with Gasteiger partial charge in [-0.3, -0.25) is 4.79 Å². The van der Waals surface area contributed by atoms with Crippen molar-refractivity contribution in [2.75, 3.05) is 19.7 Å². The van der Waals surface area contributed by atoms with Gasteiger partial charge in [-0.2, -0.15) is 0 Å². The van der Waals surface area contributed by atoms with E-state index in [1.54, 1.807) is 6.92 Å². The molecule has 108 valence electrons. The van der Waals surface area contributed by atoms with Crippen molar-refractivity contribution < 1.29 is 29.3 Å². The van der Waals surface area contributed by atoms with E-state index in [0.29, 0.717) is 0 Å². The van der Waals surface area contributed by atoms with Crippen LogP contribution in [-0.2, 0) is 14.3 Å². The Morgan fingerprint density at radius 2 is 2.05 bits per heavy atom. The van der Waals surface area contributed by atoms with Crippen LogP contribution in [0.4, 0.5) is 4.79 Å². The van der Waals surface area contributed by atoms with Crippen molar-refractivity contribution in [1.82, 2.24) is 10.2 Å². The molecular weight excluding hydrogens is 256 g/mol. The molecule has 2 amide bonds. The van der Waals surface area contributed by atoms with E-state index < -0.39 is 30.6 Å². The molecule has 1 aliphatic carbocycles. The third kappa shape index (κ3) is 5.12. The normalized spacial score (nSPS) is 15.5. The lowest BCUT2D eigenvalue weighted by atomic mass is 10.3. The van der Waals surface area contributed by atoms with E-state index >= 15 is 0 Å². The largest absolute Gasteiger partial charge is 0.479 e. The van der Waals surface area contributed by atoms with Gasteiger partial charge in [0.1, 0.15) is 6.54 Å². The van der Waals surface area contributed by atoms with Crippen LogP contribution in [0.2, 0.25) is 0 Å². The number of nitrogens with one attached hydrogen (secondary N) is 1. The lowest BCUT2D eigenvalue weighted by Gasteiger charge is -2.22. The summed E-state index contributed by atoms with van der Waals surface area (Å²) in [5, 5.41) is 19.8. The van der Waals surface area contributed by atoms with Crippen LogP contribution in [0, 0.1) is 0 Å². The van der Waals surface area contributed by atoms with Crippen LogP contribution in [0.5, 0.6) is 0 Å². The number of aliphatic hydroxyl groups is 1. The Balaban J connectivity index is 2.44. The van der Waals surface area contributed by atoms with Gasteiger partial charge in [0, 0.05) is 6.04 Å². The first-order valence-electron chi connectivity index (χ1n) is 6.06. The number of esters is 1. The molecule has 0 radical (unpaired) electrons. The fourth-order valence-electron chi connectivity index (χ4n) is 1.47. The summed E-state index contributed by atoms with van der Waals surface area (Å²) < 4.78 is 4.76. The number of carbonyl (C=O) groups excluding carboxylic acids is 2. The number of carbonyl (C=O) groups is 3. The van der Waals surface area contributed by atoms with E-state index in [1.807, 2.05) is 0 Å². The predicted molar refractivity (Wildman–Crippen MR) is 63.4 cm³/mol. The SMILES string of the molecule is CCOC(=O)CN(C(=O)NCC(O)C(=O)O)C1CC1. The highest BCUT2D eigenvalue weighted by atomic mass is 16.5. The number of amides is 2. The standard InChI is InChI=1S/C11H18N2O6/c1-2-19-9(15)6-13(7-3-4-7)11(18)12-5-8(14)10(16)17/h7-8,14H,2-6H2,1H3,(H,12,18)(H,16,17). The fraction of sp³-hybridized carbons (Fsp3) is 0.727. The first-order valence-corrected chi connectivity index (χ1v) is 6.06. The van der Waals surface area contributed by atoms with Crippen LogP contribution >= 0.6 is 0 Å². The molecule has 1 atom stereocenters. The molecule has 1 rings (SSSR count). The molecule has 0 aliphatic heterocycles. The van der Waals surface area contributed by atoms with E-state index in [9.17, 15) is 14.4 Å². The van der Waals surface area contributed by atoms with Crippen molar-refractivity contribution in [3.63, 3.8) is 0 Å². The minimum atomic E-state index is -1.66. The van der Waals surface area contributed by atoms with Gasteiger partial charge in [0.2, 0.25) is 0 Å². The van der Waals surface area contributed by atoms with Gasteiger partial charge in [-0.15, -0.1) is 0 Å². The van der Waals surface area contributed by atoms with Crippen LogP contribution in [-0.4, -0.2) is 64.9 Å². The third-order valence-electron chi connectivity index (χ3n) is 2.58. The second kappa shape index (κ2) is 6.93. The second-order valence-electron chi connectivity index (χ2n) is 4.20. The average molecular weight is 274 g/mol. The Hall–Kier alpha value is -1.83. The number of urea groups is 1. The maximum absolute atomic E-state index is 11.8. The molecular formula is C11H18N2O6. The molecule has 8 heteroatoms. The topological polar surface area (TPSA) is 116 Å². The smallest absolute Gasteiger partial charge is 0.334 e. The van der Waals surface area contributed by atoms with Crippen LogP contribution in [0.15, 0.2) is 0 Å². The van der Waals surface area contributed by atoms with E-state index in [1.165, 1.54) is 4.90 Å². The maximum atomic E-state index is 11.8. The summed E-state index contributed by atoms with van der Waals surface area (Å²) >= 11 is 0. The molecule has 0 aromatic rings. The van der Waals surface area contributed by atoms with Gasteiger partial charge in [0.15, 0.2) is 6.10 Å². The average Bonchev–Trinajstić information content (AvgIpc) is 3.16. The van der Waals surface area contributed by atoms with E-state index in [0.717, 1.165) is 12.8 Å². The van der Waals surface area contributed by atoms with E-state index in [2.05, 4.69) is 5.32 Å². The number of nitrogens with zero attached hydrogens (tertiary/aromatic N) is 1. The fourth-order valence-corrected chi connectivity index (χ4v) is 1.47. The highest BCUT2D eigenvalue weighted by Gasteiger charge is 2.34. The molecule has 8 nitrogen and oxygen atoms in total. The van der Waals surface area contributed by atoms with Crippen molar-refractivity contribution in [3.8, 4) is 0 Å². The van der Waals surface area contributed by atoms with Crippen molar-refractivity contribution in [1.29, 1.82) is 0 Å². The van der Waals surface area contributed by atoms with Crippen molar-refractivity contribution in [2.45, 2.75) is 31.9 Å². The van der Waals surface area contributed by atoms with E-state index in [-0.39, 0.29) is 19.2 Å². The maximum Gasteiger partial charge on any atom is 0.334 e. The van der Waals surface area contributed by atoms with Gasteiger partial charge >= 0.3 is 18.0 Å². The molecule has 1 aliphatic rings. The second-order valence-corrected chi connectivity index (χ2v) is 4.20. The molecule has 0 saturated heterocycles. The zero-order valence-electron chi connectivity index (χ0n) is 10.7. The molecule has 0 bridgehead atoms. The molecule has 0 aromatic heterocycles. The first-order chi connectivity index (χ1) is 8.95. The van der Waals surface area contributed by atoms with Crippen LogP contribution < -0.4 is 5.32 Å². The molecule has 0 aromatic carbocycles. The molecule has 0 spiro atoms. The lowest BCUT2D eigenvalue weighted by Crippen LogP contribution is -2.47. The summed E-state index contributed by atoms with van der Waals surface area (Å²) in [7, 11) is 0. The Labute approximate surface area is 110 Å². The number of carboxylic acid groups (broad SMARTS) is 1. The summed E-state index contributed by atoms with van der Waals surface area (Å²) in [4.78, 5) is 34.8. The first kappa shape index (κ1) is 15.2. The molecule has 1 fully saturated rings. The van der Waals surface area contributed by atoms with Gasteiger partial charge < -0.3 is 25.2 Å². The molecule has 1 saturated carbocycles. The lowest BCUT2D eigenvalue weighted by molar-refractivity contribution is -0.146. The van der Waals surface area contributed by atoms with Crippen LogP contribution in [0.1, 0.15) is 19.8 Å². The van der Waals surface area contributed by atoms with Crippen LogP contribution in [0.3, 0.4) is 0 Å². The minimum Gasteiger partial charge on any atom is -0.479 e. The number of aliphatic carboxylic acids is 1. The van der Waals surface area contributed by atoms with Gasteiger partial charge in [0.25, 0.3) is 0 Å². The number of carboxylic acids is 1. The Morgan fingerprint density at radius 1 is 1.42 bits per heavy atom. The van der Waals surface area contributed by atoms with Gasteiger partial charge in [-0.05, 0) is 19.8 Å². The molecule has 1 unspecified atom stereocenters. The van der Waals surface area contributed by atoms with Crippen LogP contribution in [0.25, 0.3) is 0 Å². The number of ether oxygens (including phenoxy) is 1. The highest BCUT2D eigenvalue weighted by Crippen LogP contribution is 2.26. The minimum absolute atomic E-state index is 0.0219. The summed E-state index contributed by atoms with van der Waals surface area (Å²) in [6.45, 7) is 1.33. The van der Waals surface area contributed by atoms with Gasteiger partial charge in [-0.25, -0.2) is 9.59 Å². The summed E-state index contributed by atoms with van der Waals surface area (Å²) in [5.41, 5.74) is 0. The number of rotatable bonds is 7. The summed E-state index contributed by atoms with van der Waals surface area (Å²) in [6.07, 6.45) is -0.0598. The number of hydrogen-bond acceptors (Lipinski definition) is 5. The monoisotopic (exact) mass is 274 g/mol. The zero-order valence-corrected chi connectivity index (χ0v) is 10.7. The highest BCUT2D eigenvalue weighted by molar-refractivity contribution is 5.82. The number of hydrogen-bond donors (Lipinski definition) is 3.